The fourth-order valence-corrected chi connectivity index (χ4v) is 3.76. The van der Waals surface area contributed by atoms with Crippen LogP contribution in [0.25, 0.3) is 11.3 Å². The van der Waals surface area contributed by atoms with E-state index in [0.717, 1.165) is 5.56 Å². The molecule has 0 aliphatic rings. The summed E-state index contributed by atoms with van der Waals surface area (Å²) in [5, 5.41) is 0. The molecule has 2 heterocycles. The molecule has 0 saturated heterocycles. The minimum absolute atomic E-state index is 0.00448. The Kier molecular flexibility index (Phi) is 5.76. The average Bonchev–Trinajstić information content (AvgIpc) is 3.26. The Labute approximate surface area is 162 Å². The standard InChI is InChI=1S/C19H18N2O6S/c1-25-17-6-5-14(19(22)26-2)9-18(17)28(23,24)21-11-13-8-15(12-20-10-13)16-4-3-7-27-16/h3-10,12,21H,11H2,1-2H3. The highest BCUT2D eigenvalue weighted by Crippen LogP contribution is 2.26. The fourth-order valence-electron chi connectivity index (χ4n) is 2.55. The smallest absolute Gasteiger partial charge is 0.337 e. The molecule has 0 aliphatic carbocycles. The summed E-state index contributed by atoms with van der Waals surface area (Å²) < 4.78 is 43.1. The Morgan fingerprint density at radius 3 is 2.68 bits per heavy atom. The van der Waals surface area contributed by atoms with Crippen LogP contribution in [0, 0.1) is 0 Å². The third-order valence-corrected chi connectivity index (χ3v) is 5.36. The van der Waals surface area contributed by atoms with Gasteiger partial charge >= 0.3 is 5.97 Å². The lowest BCUT2D eigenvalue weighted by Crippen LogP contribution is -2.24. The zero-order valence-corrected chi connectivity index (χ0v) is 16.0. The van der Waals surface area contributed by atoms with Crippen LogP contribution in [0.5, 0.6) is 5.75 Å². The second-order valence-electron chi connectivity index (χ2n) is 5.74. The maximum Gasteiger partial charge on any atom is 0.337 e. The van der Waals surface area contributed by atoms with E-state index in [2.05, 4.69) is 14.4 Å². The van der Waals surface area contributed by atoms with Gasteiger partial charge in [-0.25, -0.2) is 17.9 Å². The van der Waals surface area contributed by atoms with Crippen LogP contribution in [-0.2, 0) is 21.3 Å². The molecule has 0 saturated carbocycles. The lowest BCUT2D eigenvalue weighted by Gasteiger charge is -2.12. The van der Waals surface area contributed by atoms with E-state index >= 15 is 0 Å². The van der Waals surface area contributed by atoms with Crippen molar-refractivity contribution in [1.82, 2.24) is 9.71 Å². The molecule has 8 nitrogen and oxygen atoms in total. The maximum atomic E-state index is 12.8. The lowest BCUT2D eigenvalue weighted by molar-refractivity contribution is 0.0600. The zero-order chi connectivity index (χ0) is 20.1. The highest BCUT2D eigenvalue weighted by atomic mass is 32.2. The number of methoxy groups -OCH3 is 2. The largest absolute Gasteiger partial charge is 0.495 e. The summed E-state index contributed by atoms with van der Waals surface area (Å²) in [6, 6.07) is 9.36. The van der Waals surface area contributed by atoms with Crippen LogP contribution in [0.15, 0.2) is 64.4 Å². The van der Waals surface area contributed by atoms with Crippen molar-refractivity contribution in [2.75, 3.05) is 14.2 Å². The van der Waals surface area contributed by atoms with Crippen molar-refractivity contribution in [2.45, 2.75) is 11.4 Å². The summed E-state index contributed by atoms with van der Waals surface area (Å²) in [5.41, 5.74) is 1.47. The lowest BCUT2D eigenvalue weighted by atomic mass is 10.2. The van der Waals surface area contributed by atoms with Gasteiger partial charge in [-0.1, -0.05) is 0 Å². The molecule has 28 heavy (non-hydrogen) atoms. The van der Waals surface area contributed by atoms with E-state index in [4.69, 9.17) is 9.15 Å². The Hall–Kier alpha value is -3.17. The number of sulfonamides is 1. The van der Waals surface area contributed by atoms with E-state index in [1.807, 2.05) is 0 Å². The number of nitrogens with one attached hydrogen (secondary N) is 1. The van der Waals surface area contributed by atoms with Crippen molar-refractivity contribution < 1.29 is 27.1 Å². The van der Waals surface area contributed by atoms with E-state index in [0.29, 0.717) is 11.3 Å². The molecule has 0 amide bonds. The van der Waals surface area contributed by atoms with Crippen molar-refractivity contribution in [3.05, 3.63) is 66.2 Å². The summed E-state index contributed by atoms with van der Waals surface area (Å²) in [6.07, 6.45) is 4.72. The number of pyridine rings is 1. The molecule has 0 radical (unpaired) electrons. The van der Waals surface area contributed by atoms with Gasteiger partial charge in [0.05, 0.1) is 26.0 Å². The molecule has 0 aliphatic heterocycles. The van der Waals surface area contributed by atoms with E-state index < -0.39 is 16.0 Å². The van der Waals surface area contributed by atoms with E-state index in [1.165, 1.54) is 32.4 Å². The fraction of sp³-hybridized carbons (Fsp3) is 0.158. The minimum Gasteiger partial charge on any atom is -0.495 e. The SMILES string of the molecule is COC(=O)c1ccc(OC)c(S(=O)(=O)NCc2cncc(-c3ccco3)c2)c1. The van der Waals surface area contributed by atoms with Gasteiger partial charge in [-0.2, -0.15) is 0 Å². The third-order valence-electron chi connectivity index (χ3n) is 3.94. The highest BCUT2D eigenvalue weighted by molar-refractivity contribution is 7.89. The van der Waals surface area contributed by atoms with Crippen LogP contribution in [0.1, 0.15) is 15.9 Å². The van der Waals surface area contributed by atoms with Gasteiger partial charge in [0.25, 0.3) is 0 Å². The number of benzene rings is 1. The molecule has 0 unspecified atom stereocenters. The first kappa shape index (κ1) is 19.6. The first-order valence-corrected chi connectivity index (χ1v) is 9.67. The number of hydrogen-bond donors (Lipinski definition) is 1. The molecule has 0 atom stereocenters. The average molecular weight is 402 g/mol. The van der Waals surface area contributed by atoms with Crippen LogP contribution in [0.4, 0.5) is 0 Å². The van der Waals surface area contributed by atoms with Crippen molar-refractivity contribution in [3.63, 3.8) is 0 Å². The Bertz CT molecular complexity index is 1080. The van der Waals surface area contributed by atoms with Gasteiger partial charge in [0, 0.05) is 24.5 Å². The van der Waals surface area contributed by atoms with Gasteiger partial charge in [0.2, 0.25) is 10.0 Å². The van der Waals surface area contributed by atoms with Crippen LogP contribution in [-0.4, -0.2) is 33.6 Å². The van der Waals surface area contributed by atoms with Gasteiger partial charge in [-0.15, -0.1) is 0 Å². The predicted molar refractivity (Wildman–Crippen MR) is 100 cm³/mol. The number of aromatic nitrogens is 1. The molecule has 0 bridgehead atoms. The quantitative estimate of drug-likeness (QED) is 0.605. The second-order valence-corrected chi connectivity index (χ2v) is 7.48. The first-order chi connectivity index (χ1) is 13.4. The molecule has 1 N–H and O–H groups in total. The van der Waals surface area contributed by atoms with Crippen LogP contribution in [0.2, 0.25) is 0 Å². The number of carbonyl (C=O) groups excluding carboxylic acids is 1. The second kappa shape index (κ2) is 8.24. The summed E-state index contributed by atoms with van der Waals surface area (Å²) >= 11 is 0. The van der Waals surface area contributed by atoms with Crippen molar-refractivity contribution in [3.8, 4) is 17.1 Å². The van der Waals surface area contributed by atoms with Gasteiger partial charge in [-0.05, 0) is 42.0 Å². The number of carbonyl (C=O) groups is 1. The topological polar surface area (TPSA) is 108 Å². The van der Waals surface area contributed by atoms with Crippen LogP contribution < -0.4 is 9.46 Å². The number of esters is 1. The van der Waals surface area contributed by atoms with Gasteiger partial charge < -0.3 is 13.9 Å². The molecule has 1 aromatic carbocycles. The predicted octanol–water partition coefficient (Wildman–Crippen LogP) is 2.62. The Morgan fingerprint density at radius 2 is 2.00 bits per heavy atom. The molecular weight excluding hydrogens is 384 g/mol. The Balaban J connectivity index is 1.85. The maximum absolute atomic E-state index is 12.8. The number of ether oxygens (including phenoxy) is 2. The van der Waals surface area contributed by atoms with Gasteiger partial charge in [0.15, 0.2) is 0 Å². The number of nitrogens with zero attached hydrogens (tertiary/aromatic N) is 1. The molecule has 146 valence electrons. The third kappa shape index (κ3) is 4.21. The Morgan fingerprint density at radius 1 is 1.18 bits per heavy atom. The van der Waals surface area contributed by atoms with E-state index in [9.17, 15) is 13.2 Å². The number of rotatable bonds is 7. The summed E-state index contributed by atoms with van der Waals surface area (Å²) in [5.74, 6) is 0.0988. The van der Waals surface area contributed by atoms with E-state index in [-0.39, 0.29) is 22.8 Å². The molecule has 3 rings (SSSR count). The monoisotopic (exact) mass is 402 g/mol. The first-order valence-electron chi connectivity index (χ1n) is 8.18. The zero-order valence-electron chi connectivity index (χ0n) is 15.2. The molecule has 9 heteroatoms. The molecule has 2 aromatic heterocycles. The van der Waals surface area contributed by atoms with Gasteiger partial charge in [0.1, 0.15) is 16.4 Å². The normalized spacial score (nSPS) is 11.2. The van der Waals surface area contributed by atoms with Crippen LogP contribution >= 0.6 is 0 Å². The van der Waals surface area contributed by atoms with Crippen molar-refractivity contribution in [1.29, 1.82) is 0 Å². The highest BCUT2D eigenvalue weighted by Gasteiger charge is 2.22. The summed E-state index contributed by atoms with van der Waals surface area (Å²) in [7, 11) is -1.40. The number of furan rings is 1. The number of hydrogen-bond acceptors (Lipinski definition) is 7. The molecule has 0 fully saturated rings. The van der Waals surface area contributed by atoms with Crippen molar-refractivity contribution in [2.24, 2.45) is 0 Å². The van der Waals surface area contributed by atoms with Crippen molar-refractivity contribution >= 4 is 16.0 Å². The summed E-state index contributed by atoms with van der Waals surface area (Å²) in [6.45, 7) is -0.00448. The summed E-state index contributed by atoms with van der Waals surface area (Å²) in [4.78, 5) is 15.7. The van der Waals surface area contributed by atoms with Gasteiger partial charge in [-0.3, -0.25) is 4.98 Å². The molecule has 3 aromatic rings. The van der Waals surface area contributed by atoms with E-state index in [1.54, 1.807) is 36.9 Å². The minimum atomic E-state index is -3.97. The molecule has 0 spiro atoms. The van der Waals surface area contributed by atoms with Crippen LogP contribution in [0.3, 0.4) is 0 Å². The molecular formula is C19H18N2O6S.